The Morgan fingerprint density at radius 2 is 1.71 bits per heavy atom. The van der Waals surface area contributed by atoms with Gasteiger partial charge in [-0.3, -0.25) is 14.5 Å². The molecule has 1 fully saturated rings. The minimum Gasteiger partial charge on any atom is -0.497 e. The highest BCUT2D eigenvalue weighted by Gasteiger charge is 2.34. The summed E-state index contributed by atoms with van der Waals surface area (Å²) >= 11 is 0.835. The number of benzene rings is 2. The van der Waals surface area contributed by atoms with Gasteiger partial charge in [-0.2, -0.15) is 0 Å². The summed E-state index contributed by atoms with van der Waals surface area (Å²) in [6.45, 7) is 3.94. The molecule has 0 unspecified atom stereocenters. The van der Waals surface area contributed by atoms with Crippen LogP contribution in [-0.4, -0.2) is 44.7 Å². The number of ether oxygens (including phenoxy) is 1. The lowest BCUT2D eigenvalue weighted by Crippen LogP contribution is -2.37. The lowest BCUT2D eigenvalue weighted by atomic mass is 10.0. The van der Waals surface area contributed by atoms with Gasteiger partial charge in [-0.05, 0) is 59.1 Å². The third-order valence-electron chi connectivity index (χ3n) is 4.77. The maximum absolute atomic E-state index is 12.6. The third kappa shape index (κ3) is 5.55. The molecule has 1 heterocycles. The normalized spacial score (nSPS) is 15.9. The van der Waals surface area contributed by atoms with Crippen LogP contribution in [0.5, 0.6) is 5.75 Å². The summed E-state index contributed by atoms with van der Waals surface area (Å²) in [5.41, 5.74) is 1.80. The molecule has 31 heavy (non-hydrogen) atoms. The van der Waals surface area contributed by atoms with E-state index in [1.165, 1.54) is 0 Å². The second kappa shape index (κ2) is 9.67. The predicted octanol–water partition coefficient (Wildman–Crippen LogP) is 3.83. The molecule has 1 aliphatic heterocycles. The molecule has 0 aromatic heterocycles. The number of rotatable bonds is 8. The first kappa shape index (κ1) is 23.1. The predicted molar refractivity (Wildman–Crippen MR) is 121 cm³/mol. The fourth-order valence-corrected chi connectivity index (χ4v) is 4.84. The quantitative estimate of drug-likeness (QED) is 0.602. The van der Waals surface area contributed by atoms with Gasteiger partial charge in [-0.15, -0.1) is 0 Å². The fraction of sp³-hybridized carbons (Fsp3) is 0.273. The Balaban J connectivity index is 1.61. The summed E-state index contributed by atoms with van der Waals surface area (Å²) in [4.78, 5) is 26.3. The number of thioether (sulfide) groups is 1. The zero-order chi connectivity index (χ0) is 22.6. The number of methoxy groups -OCH3 is 1. The van der Waals surface area contributed by atoms with Gasteiger partial charge in [0.05, 0.1) is 16.9 Å². The topological polar surface area (TPSA) is 92.8 Å². The SMILES string of the molecule is COc1ccc(/C=C2\SC(=O)N(CCNS(=O)(=O)c3ccc(C(C)C)cc3)C2=O)cc1. The van der Waals surface area contributed by atoms with Crippen LogP contribution in [0.2, 0.25) is 0 Å². The number of carbonyl (C=O) groups is 2. The average molecular weight is 461 g/mol. The summed E-state index contributed by atoms with van der Waals surface area (Å²) in [5, 5.41) is -0.426. The molecule has 0 saturated carbocycles. The summed E-state index contributed by atoms with van der Waals surface area (Å²) in [6, 6.07) is 13.7. The molecule has 0 bridgehead atoms. The zero-order valence-corrected chi connectivity index (χ0v) is 19.1. The maximum Gasteiger partial charge on any atom is 0.293 e. The van der Waals surface area contributed by atoms with E-state index in [1.807, 2.05) is 13.8 Å². The summed E-state index contributed by atoms with van der Waals surface area (Å²) < 4.78 is 32.5. The van der Waals surface area contributed by atoms with Crippen molar-refractivity contribution < 1.29 is 22.7 Å². The first-order chi connectivity index (χ1) is 14.7. The van der Waals surface area contributed by atoms with E-state index in [0.717, 1.165) is 27.8 Å². The highest BCUT2D eigenvalue weighted by Crippen LogP contribution is 2.32. The van der Waals surface area contributed by atoms with E-state index in [-0.39, 0.29) is 18.0 Å². The smallest absolute Gasteiger partial charge is 0.293 e. The minimum atomic E-state index is -3.73. The van der Waals surface area contributed by atoms with Gasteiger partial charge in [0.2, 0.25) is 10.0 Å². The van der Waals surface area contributed by atoms with Crippen molar-refractivity contribution >= 4 is 39.0 Å². The van der Waals surface area contributed by atoms with Crippen molar-refractivity contribution in [2.75, 3.05) is 20.2 Å². The molecule has 164 valence electrons. The van der Waals surface area contributed by atoms with Crippen LogP contribution >= 0.6 is 11.8 Å². The molecule has 1 saturated heterocycles. The lowest BCUT2D eigenvalue weighted by Gasteiger charge is -2.13. The first-order valence-electron chi connectivity index (χ1n) is 9.70. The summed E-state index contributed by atoms with van der Waals surface area (Å²) in [7, 11) is -2.17. The van der Waals surface area contributed by atoms with Crippen LogP contribution in [0.1, 0.15) is 30.9 Å². The van der Waals surface area contributed by atoms with E-state index < -0.39 is 21.2 Å². The van der Waals surface area contributed by atoms with Crippen LogP contribution in [0.15, 0.2) is 58.3 Å². The number of hydrogen-bond acceptors (Lipinski definition) is 6. The standard InChI is InChI=1S/C22H24N2O5S2/c1-15(2)17-6-10-19(11-7-17)31(27,28)23-12-13-24-21(25)20(30-22(24)26)14-16-4-8-18(29-3)9-5-16/h4-11,14-15,23H,12-13H2,1-3H3/b20-14-. The number of sulfonamides is 1. The van der Waals surface area contributed by atoms with Crippen LogP contribution in [0.3, 0.4) is 0 Å². The van der Waals surface area contributed by atoms with Gasteiger partial charge in [0.15, 0.2) is 0 Å². The molecule has 9 heteroatoms. The number of hydrogen-bond donors (Lipinski definition) is 1. The largest absolute Gasteiger partial charge is 0.497 e. The molecule has 2 amide bonds. The molecule has 0 radical (unpaired) electrons. The number of carbonyl (C=O) groups excluding carboxylic acids is 2. The summed E-state index contributed by atoms with van der Waals surface area (Å²) in [6.07, 6.45) is 1.63. The molecular weight excluding hydrogens is 436 g/mol. The maximum atomic E-state index is 12.6. The van der Waals surface area contributed by atoms with E-state index in [9.17, 15) is 18.0 Å². The number of amides is 2. The highest BCUT2D eigenvalue weighted by molar-refractivity contribution is 8.18. The minimum absolute atomic E-state index is 0.0477. The van der Waals surface area contributed by atoms with Crippen LogP contribution in [-0.2, 0) is 14.8 Å². The van der Waals surface area contributed by atoms with Crippen LogP contribution in [0.25, 0.3) is 6.08 Å². The van der Waals surface area contributed by atoms with Gasteiger partial charge in [0.25, 0.3) is 11.1 Å². The second-order valence-corrected chi connectivity index (χ2v) is 9.99. The molecule has 1 aliphatic rings. The molecule has 2 aromatic carbocycles. The number of nitrogens with zero attached hydrogens (tertiary/aromatic N) is 1. The number of nitrogens with one attached hydrogen (secondary N) is 1. The van der Waals surface area contributed by atoms with E-state index in [2.05, 4.69) is 4.72 Å². The fourth-order valence-electron chi connectivity index (χ4n) is 2.95. The van der Waals surface area contributed by atoms with Gasteiger partial charge in [-0.1, -0.05) is 38.1 Å². The lowest BCUT2D eigenvalue weighted by molar-refractivity contribution is -0.122. The van der Waals surface area contributed by atoms with Crippen molar-refractivity contribution in [1.29, 1.82) is 0 Å². The van der Waals surface area contributed by atoms with Crippen molar-refractivity contribution in [1.82, 2.24) is 9.62 Å². The van der Waals surface area contributed by atoms with Gasteiger partial charge in [-0.25, -0.2) is 13.1 Å². The monoisotopic (exact) mass is 460 g/mol. The Hall–Kier alpha value is -2.62. The average Bonchev–Trinajstić information content (AvgIpc) is 3.01. The van der Waals surface area contributed by atoms with Crippen molar-refractivity contribution in [3.05, 3.63) is 64.6 Å². The first-order valence-corrected chi connectivity index (χ1v) is 12.0. The van der Waals surface area contributed by atoms with Gasteiger partial charge < -0.3 is 4.74 Å². The van der Waals surface area contributed by atoms with E-state index >= 15 is 0 Å². The molecule has 3 rings (SSSR count). The Morgan fingerprint density at radius 1 is 1.06 bits per heavy atom. The van der Waals surface area contributed by atoms with Gasteiger partial charge in [0.1, 0.15) is 5.75 Å². The molecule has 7 nitrogen and oxygen atoms in total. The van der Waals surface area contributed by atoms with Crippen molar-refractivity contribution in [2.24, 2.45) is 0 Å². The van der Waals surface area contributed by atoms with E-state index in [1.54, 1.807) is 61.7 Å². The number of imide groups is 1. The van der Waals surface area contributed by atoms with Crippen LogP contribution in [0.4, 0.5) is 4.79 Å². The Bertz CT molecular complexity index is 1090. The second-order valence-electron chi connectivity index (χ2n) is 7.23. The summed E-state index contributed by atoms with van der Waals surface area (Å²) in [5.74, 6) is 0.553. The molecular formula is C22H24N2O5S2. The van der Waals surface area contributed by atoms with Crippen molar-refractivity contribution in [3.8, 4) is 5.75 Å². The van der Waals surface area contributed by atoms with E-state index in [4.69, 9.17) is 4.74 Å². The Kier molecular flexibility index (Phi) is 7.19. The molecule has 2 aromatic rings. The molecule has 0 atom stereocenters. The molecule has 0 aliphatic carbocycles. The van der Waals surface area contributed by atoms with Gasteiger partial charge in [0, 0.05) is 13.1 Å². The molecule has 0 spiro atoms. The van der Waals surface area contributed by atoms with Crippen LogP contribution < -0.4 is 9.46 Å². The highest BCUT2D eigenvalue weighted by atomic mass is 32.2. The Labute approximate surface area is 186 Å². The van der Waals surface area contributed by atoms with E-state index in [0.29, 0.717) is 16.6 Å². The Morgan fingerprint density at radius 3 is 2.29 bits per heavy atom. The van der Waals surface area contributed by atoms with Crippen LogP contribution in [0, 0.1) is 0 Å². The van der Waals surface area contributed by atoms with Crippen molar-refractivity contribution in [3.63, 3.8) is 0 Å². The third-order valence-corrected chi connectivity index (χ3v) is 7.16. The van der Waals surface area contributed by atoms with Crippen molar-refractivity contribution in [2.45, 2.75) is 24.7 Å². The molecule has 1 N–H and O–H groups in total. The zero-order valence-electron chi connectivity index (χ0n) is 17.5. The van der Waals surface area contributed by atoms with Gasteiger partial charge >= 0.3 is 0 Å².